The van der Waals surface area contributed by atoms with Gasteiger partial charge in [0.15, 0.2) is 0 Å². The summed E-state index contributed by atoms with van der Waals surface area (Å²) in [6.07, 6.45) is 1.72. The molecule has 1 amide bonds. The molecule has 0 radical (unpaired) electrons. The van der Waals surface area contributed by atoms with Gasteiger partial charge in [0.2, 0.25) is 5.91 Å². The molecule has 1 atom stereocenters. The first kappa shape index (κ1) is 19.4. The first-order valence-electron chi connectivity index (χ1n) is 9.46. The molecule has 6 heteroatoms. The van der Waals surface area contributed by atoms with E-state index in [1.807, 2.05) is 52.1 Å². The number of piperidine rings is 1. The Morgan fingerprint density at radius 1 is 1.26 bits per heavy atom. The lowest BCUT2D eigenvalue weighted by molar-refractivity contribution is -0.139. The molecule has 2 heterocycles. The first-order valence-corrected chi connectivity index (χ1v) is 9.46. The summed E-state index contributed by atoms with van der Waals surface area (Å²) in [6.45, 7) is 7.08. The van der Waals surface area contributed by atoms with Gasteiger partial charge in [-0.25, -0.2) is 0 Å². The highest BCUT2D eigenvalue weighted by Crippen LogP contribution is 2.24. The lowest BCUT2D eigenvalue weighted by atomic mass is 9.93. The summed E-state index contributed by atoms with van der Waals surface area (Å²) in [5.41, 5.74) is 3.02. The number of nitrogens with zero attached hydrogens (tertiary/aromatic N) is 3. The zero-order chi connectivity index (χ0) is 19.6. The van der Waals surface area contributed by atoms with Gasteiger partial charge in [-0.05, 0) is 45.7 Å². The fraction of sp³-hybridized carbons (Fsp3) is 0.524. The highest BCUT2D eigenvalue weighted by molar-refractivity contribution is 5.79. The molecule has 0 bridgehead atoms. The van der Waals surface area contributed by atoms with Crippen molar-refractivity contribution in [2.24, 2.45) is 7.05 Å². The molecule has 1 aliphatic rings. The summed E-state index contributed by atoms with van der Waals surface area (Å²) >= 11 is 0. The van der Waals surface area contributed by atoms with E-state index in [4.69, 9.17) is 4.74 Å². The third-order valence-electron chi connectivity index (χ3n) is 5.42. The van der Waals surface area contributed by atoms with E-state index in [2.05, 4.69) is 5.10 Å². The van der Waals surface area contributed by atoms with Crippen molar-refractivity contribution in [2.75, 3.05) is 19.7 Å². The Morgan fingerprint density at radius 2 is 1.96 bits per heavy atom. The second-order valence-corrected chi connectivity index (χ2v) is 7.69. The number of aromatic nitrogens is 2. The summed E-state index contributed by atoms with van der Waals surface area (Å²) < 4.78 is 7.60. The van der Waals surface area contributed by atoms with Crippen LogP contribution in [0, 0.1) is 20.8 Å². The van der Waals surface area contributed by atoms with Crippen LogP contribution in [-0.4, -0.2) is 51.0 Å². The van der Waals surface area contributed by atoms with E-state index in [-0.39, 0.29) is 12.5 Å². The van der Waals surface area contributed by atoms with Gasteiger partial charge in [-0.3, -0.25) is 9.48 Å². The van der Waals surface area contributed by atoms with Crippen LogP contribution in [0.25, 0.3) is 0 Å². The summed E-state index contributed by atoms with van der Waals surface area (Å²) in [6, 6.07) is 7.76. The normalized spacial score (nSPS) is 20.0. The van der Waals surface area contributed by atoms with Gasteiger partial charge in [-0.1, -0.05) is 17.7 Å². The van der Waals surface area contributed by atoms with Crippen LogP contribution in [0.4, 0.5) is 0 Å². The number of carbonyl (C=O) groups excluding carboxylic acids is 1. The van der Waals surface area contributed by atoms with Crippen LogP contribution in [-0.2, 0) is 18.3 Å². The molecule has 6 nitrogen and oxygen atoms in total. The topological polar surface area (TPSA) is 67.6 Å². The molecular formula is C21H29N3O3. The Morgan fingerprint density at radius 3 is 2.59 bits per heavy atom. The Labute approximate surface area is 160 Å². The lowest BCUT2D eigenvalue weighted by Crippen LogP contribution is -2.53. The molecule has 0 aliphatic carbocycles. The smallest absolute Gasteiger partial charge is 0.227 e. The van der Waals surface area contributed by atoms with Gasteiger partial charge in [0.05, 0.1) is 18.7 Å². The third-order valence-corrected chi connectivity index (χ3v) is 5.42. The van der Waals surface area contributed by atoms with Gasteiger partial charge in [0, 0.05) is 24.8 Å². The van der Waals surface area contributed by atoms with E-state index in [0.29, 0.717) is 25.9 Å². The van der Waals surface area contributed by atoms with Gasteiger partial charge in [-0.2, -0.15) is 5.10 Å². The standard InChI is InChI=1S/C21H29N3O3/c1-15-6-8-18(9-7-15)27-14-21(26)10-5-11-24(13-21)20(25)12-19-16(2)22-23(4)17(19)3/h6-9,26H,5,10-14H2,1-4H3. The molecule has 2 aromatic rings. The molecule has 0 saturated carbocycles. The largest absolute Gasteiger partial charge is 0.491 e. The second kappa shape index (κ2) is 7.72. The van der Waals surface area contributed by atoms with Gasteiger partial charge in [-0.15, -0.1) is 0 Å². The van der Waals surface area contributed by atoms with Gasteiger partial charge < -0.3 is 14.7 Å². The predicted molar refractivity (Wildman–Crippen MR) is 104 cm³/mol. The van der Waals surface area contributed by atoms with E-state index in [0.717, 1.165) is 34.7 Å². The van der Waals surface area contributed by atoms with E-state index in [1.165, 1.54) is 0 Å². The molecule has 0 spiro atoms. The fourth-order valence-electron chi connectivity index (χ4n) is 3.63. The van der Waals surface area contributed by atoms with Gasteiger partial charge in [0.1, 0.15) is 18.0 Å². The highest BCUT2D eigenvalue weighted by Gasteiger charge is 2.36. The van der Waals surface area contributed by atoms with E-state index in [1.54, 1.807) is 9.58 Å². The molecule has 1 aromatic carbocycles. The van der Waals surface area contributed by atoms with Crippen LogP contribution < -0.4 is 4.74 Å². The molecule has 1 saturated heterocycles. The Hall–Kier alpha value is -2.34. The number of benzene rings is 1. The zero-order valence-corrected chi connectivity index (χ0v) is 16.7. The Balaban J connectivity index is 1.62. The predicted octanol–water partition coefficient (Wildman–Crippen LogP) is 2.32. The van der Waals surface area contributed by atoms with Gasteiger partial charge >= 0.3 is 0 Å². The second-order valence-electron chi connectivity index (χ2n) is 7.69. The fourth-order valence-corrected chi connectivity index (χ4v) is 3.63. The average Bonchev–Trinajstić information content (AvgIpc) is 2.87. The van der Waals surface area contributed by atoms with Crippen LogP contribution in [0.1, 0.15) is 35.4 Å². The van der Waals surface area contributed by atoms with Crippen molar-refractivity contribution in [1.82, 2.24) is 14.7 Å². The molecule has 3 rings (SSSR count). The molecule has 1 N–H and O–H groups in total. The van der Waals surface area contributed by atoms with E-state index < -0.39 is 5.60 Å². The van der Waals surface area contributed by atoms with Crippen molar-refractivity contribution in [3.05, 3.63) is 46.8 Å². The monoisotopic (exact) mass is 371 g/mol. The number of aryl methyl sites for hydroxylation is 3. The first-order chi connectivity index (χ1) is 12.8. The number of aliphatic hydroxyl groups is 1. The summed E-state index contributed by atoms with van der Waals surface area (Å²) in [7, 11) is 1.89. The van der Waals surface area contributed by atoms with Crippen molar-refractivity contribution in [3.8, 4) is 5.75 Å². The molecule has 27 heavy (non-hydrogen) atoms. The molecular weight excluding hydrogens is 342 g/mol. The molecule has 1 aliphatic heterocycles. The summed E-state index contributed by atoms with van der Waals surface area (Å²) in [5, 5.41) is 15.3. The number of rotatable bonds is 5. The maximum Gasteiger partial charge on any atom is 0.227 e. The third kappa shape index (κ3) is 4.50. The van der Waals surface area contributed by atoms with Crippen LogP contribution in [0.2, 0.25) is 0 Å². The molecule has 146 valence electrons. The minimum atomic E-state index is -1.02. The molecule has 1 fully saturated rings. The van der Waals surface area contributed by atoms with Crippen LogP contribution in [0.15, 0.2) is 24.3 Å². The maximum absolute atomic E-state index is 12.8. The lowest BCUT2D eigenvalue weighted by Gasteiger charge is -2.39. The number of likely N-dealkylation sites (tertiary alicyclic amines) is 1. The average molecular weight is 371 g/mol. The van der Waals surface area contributed by atoms with Crippen molar-refractivity contribution in [1.29, 1.82) is 0 Å². The number of hydrogen-bond acceptors (Lipinski definition) is 4. The number of carbonyl (C=O) groups is 1. The Bertz CT molecular complexity index is 813. The minimum Gasteiger partial charge on any atom is -0.491 e. The van der Waals surface area contributed by atoms with Crippen LogP contribution in [0.5, 0.6) is 5.75 Å². The van der Waals surface area contributed by atoms with Crippen molar-refractivity contribution in [3.63, 3.8) is 0 Å². The van der Waals surface area contributed by atoms with E-state index >= 15 is 0 Å². The Kier molecular flexibility index (Phi) is 5.56. The quantitative estimate of drug-likeness (QED) is 0.876. The number of ether oxygens (including phenoxy) is 1. The molecule has 1 unspecified atom stereocenters. The summed E-state index contributed by atoms with van der Waals surface area (Å²) in [5.74, 6) is 0.766. The van der Waals surface area contributed by atoms with Crippen LogP contribution >= 0.6 is 0 Å². The number of β-amino-alcohol motifs (C(OH)–C–C–N with tert-alkyl or cyclic N) is 1. The maximum atomic E-state index is 12.8. The van der Waals surface area contributed by atoms with Gasteiger partial charge in [0.25, 0.3) is 0 Å². The SMILES string of the molecule is Cc1ccc(OCC2(O)CCCN(C(=O)Cc3c(C)nn(C)c3C)C2)cc1. The van der Waals surface area contributed by atoms with E-state index in [9.17, 15) is 9.90 Å². The highest BCUT2D eigenvalue weighted by atomic mass is 16.5. The van der Waals surface area contributed by atoms with Crippen molar-refractivity contribution in [2.45, 2.75) is 45.6 Å². The number of hydrogen-bond donors (Lipinski definition) is 1. The van der Waals surface area contributed by atoms with Crippen molar-refractivity contribution >= 4 is 5.91 Å². The van der Waals surface area contributed by atoms with Crippen LogP contribution in [0.3, 0.4) is 0 Å². The minimum absolute atomic E-state index is 0.0302. The zero-order valence-electron chi connectivity index (χ0n) is 16.7. The van der Waals surface area contributed by atoms with Crippen molar-refractivity contribution < 1.29 is 14.6 Å². The number of amides is 1. The summed E-state index contributed by atoms with van der Waals surface area (Å²) in [4.78, 5) is 14.6. The molecule has 1 aromatic heterocycles.